The Morgan fingerprint density at radius 1 is 1.04 bits per heavy atom. The molecule has 6 heteroatoms. The fourth-order valence-electron chi connectivity index (χ4n) is 2.52. The molecule has 148 valence electrons. The summed E-state index contributed by atoms with van der Waals surface area (Å²) in [7, 11) is 3.95. The zero-order chi connectivity index (χ0) is 18.6. The van der Waals surface area contributed by atoms with Crippen molar-refractivity contribution in [3.63, 3.8) is 0 Å². The van der Waals surface area contributed by atoms with Crippen LogP contribution in [0.3, 0.4) is 0 Å². The lowest BCUT2D eigenvalue weighted by Crippen LogP contribution is -2.37. The zero-order valence-electron chi connectivity index (χ0n) is 16.4. The predicted molar refractivity (Wildman–Crippen MR) is 129 cm³/mol. The van der Waals surface area contributed by atoms with Gasteiger partial charge in [0.05, 0.1) is 0 Å². The molecule has 0 aromatic heterocycles. The first kappa shape index (κ1) is 23.8. The van der Waals surface area contributed by atoms with E-state index in [0.717, 1.165) is 37.9 Å². The van der Waals surface area contributed by atoms with Crippen molar-refractivity contribution in [3.8, 4) is 0 Å². The van der Waals surface area contributed by atoms with Gasteiger partial charge in [0.15, 0.2) is 5.96 Å². The normalized spacial score (nSPS) is 11.2. The molecule has 4 nitrogen and oxygen atoms in total. The molecule has 0 bridgehead atoms. The van der Waals surface area contributed by atoms with Crippen LogP contribution in [0.15, 0.2) is 64.5 Å². The molecule has 2 aromatic rings. The van der Waals surface area contributed by atoms with E-state index in [1.807, 2.05) is 24.9 Å². The first-order valence-electron chi connectivity index (χ1n) is 9.10. The quantitative estimate of drug-likeness (QED) is 0.179. The van der Waals surface area contributed by atoms with E-state index >= 15 is 0 Å². The molecule has 2 N–H and O–H groups in total. The second-order valence-electron chi connectivity index (χ2n) is 6.16. The van der Waals surface area contributed by atoms with E-state index < -0.39 is 0 Å². The molecular weight excluding hydrogens is 467 g/mol. The highest BCUT2D eigenvalue weighted by Gasteiger charge is 2.02. The Hall–Kier alpha value is -1.25. The number of hydrogen-bond donors (Lipinski definition) is 2. The Labute approximate surface area is 185 Å². The molecule has 0 spiro atoms. The lowest BCUT2D eigenvalue weighted by atomic mass is 10.1. The number of halogens is 1. The lowest BCUT2D eigenvalue weighted by molar-refractivity contribution is 0.345. The molecule has 2 aromatic carbocycles. The number of rotatable bonds is 9. The van der Waals surface area contributed by atoms with Gasteiger partial charge in [0, 0.05) is 37.3 Å². The van der Waals surface area contributed by atoms with E-state index in [4.69, 9.17) is 0 Å². The van der Waals surface area contributed by atoms with Crippen LogP contribution in [0.1, 0.15) is 18.1 Å². The maximum atomic E-state index is 4.31. The zero-order valence-corrected chi connectivity index (χ0v) is 19.6. The van der Waals surface area contributed by atoms with Gasteiger partial charge in [-0.1, -0.05) is 49.4 Å². The van der Waals surface area contributed by atoms with Gasteiger partial charge in [-0.15, -0.1) is 35.7 Å². The SMILES string of the molecule is CCN(C)Cc1cccc(CNC(=NC)NCCSc2ccccc2)c1.I. The number of hydrogen-bond acceptors (Lipinski definition) is 3. The Morgan fingerprint density at radius 3 is 2.48 bits per heavy atom. The molecule has 0 saturated heterocycles. The number of benzene rings is 2. The van der Waals surface area contributed by atoms with Crippen LogP contribution in [0.25, 0.3) is 0 Å². The van der Waals surface area contributed by atoms with Gasteiger partial charge in [0.25, 0.3) is 0 Å². The second kappa shape index (κ2) is 13.8. The molecule has 27 heavy (non-hydrogen) atoms. The monoisotopic (exact) mass is 498 g/mol. The van der Waals surface area contributed by atoms with Gasteiger partial charge in [-0.2, -0.15) is 0 Å². The minimum atomic E-state index is 0. The maximum Gasteiger partial charge on any atom is 0.191 e. The fraction of sp³-hybridized carbons (Fsp3) is 0.381. The van der Waals surface area contributed by atoms with Crippen molar-refractivity contribution in [2.45, 2.75) is 24.9 Å². The molecule has 0 atom stereocenters. The summed E-state index contributed by atoms with van der Waals surface area (Å²) in [5, 5.41) is 6.77. The van der Waals surface area contributed by atoms with Gasteiger partial charge >= 0.3 is 0 Å². The smallest absolute Gasteiger partial charge is 0.191 e. The van der Waals surface area contributed by atoms with Crippen molar-refractivity contribution >= 4 is 41.7 Å². The third-order valence-electron chi connectivity index (χ3n) is 4.07. The Balaban J connectivity index is 0.00000364. The van der Waals surface area contributed by atoms with E-state index in [-0.39, 0.29) is 24.0 Å². The summed E-state index contributed by atoms with van der Waals surface area (Å²) in [5.41, 5.74) is 2.62. The van der Waals surface area contributed by atoms with Crippen LogP contribution < -0.4 is 10.6 Å². The first-order valence-corrected chi connectivity index (χ1v) is 10.1. The number of nitrogens with one attached hydrogen (secondary N) is 2. The molecule has 0 saturated carbocycles. The molecule has 0 aliphatic heterocycles. The standard InChI is InChI=1S/C21H30N4S.HI/c1-4-25(3)17-19-10-8-9-18(15-19)16-24-21(22-2)23-13-14-26-20-11-6-5-7-12-20;/h5-12,15H,4,13-14,16-17H2,1-3H3,(H2,22,23,24);1H. The molecule has 0 heterocycles. The third-order valence-corrected chi connectivity index (χ3v) is 5.09. The minimum Gasteiger partial charge on any atom is -0.356 e. The van der Waals surface area contributed by atoms with E-state index in [2.05, 4.69) is 83.0 Å². The van der Waals surface area contributed by atoms with E-state index in [1.165, 1.54) is 16.0 Å². The van der Waals surface area contributed by atoms with E-state index in [9.17, 15) is 0 Å². The highest BCUT2D eigenvalue weighted by atomic mass is 127. The summed E-state index contributed by atoms with van der Waals surface area (Å²) in [5.74, 6) is 1.85. The minimum absolute atomic E-state index is 0. The van der Waals surface area contributed by atoms with Crippen molar-refractivity contribution < 1.29 is 0 Å². The van der Waals surface area contributed by atoms with Crippen LogP contribution in [0, 0.1) is 0 Å². The molecular formula is C21H31IN4S. The number of aliphatic imine (C=N–C) groups is 1. The molecule has 0 radical (unpaired) electrons. The van der Waals surface area contributed by atoms with Gasteiger partial charge in [-0.05, 0) is 36.9 Å². The number of guanidine groups is 1. The highest BCUT2D eigenvalue weighted by Crippen LogP contribution is 2.15. The summed E-state index contributed by atoms with van der Waals surface area (Å²) in [4.78, 5) is 7.91. The van der Waals surface area contributed by atoms with Crippen LogP contribution in [-0.2, 0) is 13.1 Å². The molecule has 0 aliphatic carbocycles. The lowest BCUT2D eigenvalue weighted by Gasteiger charge is -2.15. The molecule has 0 aliphatic rings. The predicted octanol–water partition coefficient (Wildman–Crippen LogP) is 4.21. The van der Waals surface area contributed by atoms with Gasteiger partial charge in [-0.25, -0.2) is 0 Å². The van der Waals surface area contributed by atoms with Gasteiger partial charge in [0.2, 0.25) is 0 Å². The van der Waals surface area contributed by atoms with E-state index in [0.29, 0.717) is 0 Å². The molecule has 0 amide bonds. The van der Waals surface area contributed by atoms with Crippen LogP contribution >= 0.6 is 35.7 Å². The number of thioether (sulfide) groups is 1. The number of nitrogens with zero attached hydrogens (tertiary/aromatic N) is 2. The largest absolute Gasteiger partial charge is 0.356 e. The van der Waals surface area contributed by atoms with Crippen molar-refractivity contribution in [2.24, 2.45) is 4.99 Å². The van der Waals surface area contributed by atoms with Crippen LogP contribution in [0.5, 0.6) is 0 Å². The van der Waals surface area contributed by atoms with E-state index in [1.54, 1.807) is 0 Å². The Bertz CT molecular complexity index is 679. The van der Waals surface area contributed by atoms with Crippen molar-refractivity contribution in [1.82, 2.24) is 15.5 Å². The molecule has 0 fully saturated rings. The maximum absolute atomic E-state index is 4.31. The summed E-state index contributed by atoms with van der Waals surface area (Å²) in [6.07, 6.45) is 0. The third kappa shape index (κ3) is 9.48. The summed E-state index contributed by atoms with van der Waals surface area (Å²) in [6, 6.07) is 19.2. The van der Waals surface area contributed by atoms with Crippen LogP contribution in [-0.4, -0.2) is 43.8 Å². The van der Waals surface area contributed by atoms with Gasteiger partial charge in [0.1, 0.15) is 0 Å². The molecule has 2 rings (SSSR count). The van der Waals surface area contributed by atoms with Crippen LogP contribution in [0.2, 0.25) is 0 Å². The van der Waals surface area contributed by atoms with Crippen molar-refractivity contribution in [3.05, 3.63) is 65.7 Å². The average molecular weight is 498 g/mol. The second-order valence-corrected chi connectivity index (χ2v) is 7.33. The topological polar surface area (TPSA) is 39.7 Å². The molecule has 0 unspecified atom stereocenters. The Morgan fingerprint density at radius 2 is 1.78 bits per heavy atom. The average Bonchev–Trinajstić information content (AvgIpc) is 2.68. The van der Waals surface area contributed by atoms with Crippen LogP contribution in [0.4, 0.5) is 0 Å². The summed E-state index contributed by atoms with van der Waals surface area (Å²) >= 11 is 1.85. The Kier molecular flexibility index (Phi) is 12.2. The van der Waals surface area contributed by atoms with Crippen molar-refractivity contribution in [1.29, 1.82) is 0 Å². The summed E-state index contributed by atoms with van der Waals surface area (Å²) in [6.45, 7) is 5.86. The summed E-state index contributed by atoms with van der Waals surface area (Å²) < 4.78 is 0. The van der Waals surface area contributed by atoms with Gasteiger partial charge in [-0.3, -0.25) is 4.99 Å². The fourth-order valence-corrected chi connectivity index (χ4v) is 3.31. The first-order chi connectivity index (χ1) is 12.7. The van der Waals surface area contributed by atoms with Gasteiger partial charge < -0.3 is 15.5 Å². The highest BCUT2D eigenvalue weighted by molar-refractivity contribution is 14.0. The van der Waals surface area contributed by atoms with Crippen molar-refractivity contribution in [2.75, 3.05) is 32.9 Å².